The molecule has 0 unspecified atom stereocenters. The van der Waals surface area contributed by atoms with Gasteiger partial charge in [0.1, 0.15) is 6.10 Å². The van der Waals surface area contributed by atoms with Crippen LogP contribution in [0, 0.1) is 0 Å². The Morgan fingerprint density at radius 1 is 1.20 bits per heavy atom. The highest BCUT2D eigenvalue weighted by Gasteiger charge is 2.19. The molecule has 0 spiro atoms. The lowest BCUT2D eigenvalue weighted by molar-refractivity contribution is 0.0863. The van der Waals surface area contributed by atoms with Crippen LogP contribution in [-0.2, 0) is 11.4 Å². The molecule has 1 aromatic carbocycles. The predicted octanol–water partition coefficient (Wildman–Crippen LogP) is 1.82. The van der Waals surface area contributed by atoms with Gasteiger partial charge in [0.2, 0.25) is 0 Å². The van der Waals surface area contributed by atoms with Gasteiger partial charge in [-0.25, -0.2) is 0 Å². The lowest BCUT2D eigenvalue weighted by Crippen LogP contribution is -2.35. The number of piperidine rings is 1. The smallest absolute Gasteiger partial charge is 0.161 e. The van der Waals surface area contributed by atoms with Crippen molar-refractivity contribution in [2.75, 3.05) is 34.4 Å². The summed E-state index contributed by atoms with van der Waals surface area (Å²) in [6.45, 7) is 2.81. The van der Waals surface area contributed by atoms with E-state index in [0.717, 1.165) is 43.0 Å². The lowest BCUT2D eigenvalue weighted by atomic mass is 10.1. The molecule has 1 saturated heterocycles. The number of ether oxygens (including phenoxy) is 2. The molecule has 2 rings (SSSR count). The normalized spacial score (nSPS) is 17.1. The second kappa shape index (κ2) is 7.47. The maximum absolute atomic E-state index is 6.13. The van der Waals surface area contributed by atoms with E-state index in [9.17, 15) is 0 Å². The van der Waals surface area contributed by atoms with Gasteiger partial charge in [-0.1, -0.05) is 6.07 Å². The Hall–Kier alpha value is -1.30. The number of benzene rings is 1. The Labute approximate surface area is 120 Å². The minimum atomic E-state index is 0.269. The molecule has 0 amide bonds. The van der Waals surface area contributed by atoms with Crippen LogP contribution < -0.4 is 15.0 Å². The Bertz CT molecular complexity index is 418. The van der Waals surface area contributed by atoms with Crippen LogP contribution in [0.2, 0.25) is 0 Å². The minimum absolute atomic E-state index is 0.269. The van der Waals surface area contributed by atoms with Crippen molar-refractivity contribution in [3.05, 3.63) is 23.8 Å². The fraction of sp³-hybridized carbons (Fsp3) is 0.600. The third-order valence-electron chi connectivity index (χ3n) is 3.61. The fourth-order valence-electron chi connectivity index (χ4n) is 2.36. The Morgan fingerprint density at radius 2 is 1.95 bits per heavy atom. The molecule has 1 fully saturated rings. The van der Waals surface area contributed by atoms with Crippen molar-refractivity contribution >= 4 is 0 Å². The topological polar surface area (TPSA) is 43.0 Å². The van der Waals surface area contributed by atoms with Crippen molar-refractivity contribution in [1.82, 2.24) is 10.4 Å². The zero-order valence-electron chi connectivity index (χ0n) is 12.5. The predicted molar refractivity (Wildman–Crippen MR) is 78.0 cm³/mol. The number of likely N-dealkylation sites (tertiary alicyclic amines) is 1. The summed E-state index contributed by atoms with van der Waals surface area (Å²) in [6, 6.07) is 5.96. The molecule has 1 N–H and O–H groups in total. The van der Waals surface area contributed by atoms with Crippen molar-refractivity contribution < 1.29 is 14.3 Å². The molecule has 0 aromatic heterocycles. The highest BCUT2D eigenvalue weighted by atomic mass is 16.6. The number of hydrogen-bond donors (Lipinski definition) is 1. The molecule has 1 heterocycles. The highest BCUT2D eigenvalue weighted by molar-refractivity contribution is 5.43. The second-order valence-corrected chi connectivity index (χ2v) is 5.13. The van der Waals surface area contributed by atoms with Crippen molar-refractivity contribution in [3.63, 3.8) is 0 Å². The zero-order valence-corrected chi connectivity index (χ0v) is 12.5. The van der Waals surface area contributed by atoms with E-state index in [1.165, 1.54) is 0 Å². The first-order valence-corrected chi connectivity index (χ1v) is 7.01. The average Bonchev–Trinajstić information content (AvgIpc) is 2.48. The number of hydroxylamine groups is 1. The summed E-state index contributed by atoms with van der Waals surface area (Å²) in [7, 11) is 5.43. The summed E-state index contributed by atoms with van der Waals surface area (Å²) >= 11 is 0. The van der Waals surface area contributed by atoms with E-state index < -0.39 is 0 Å². The van der Waals surface area contributed by atoms with Gasteiger partial charge in [0, 0.05) is 19.6 Å². The summed E-state index contributed by atoms with van der Waals surface area (Å²) in [5.41, 5.74) is 3.94. The van der Waals surface area contributed by atoms with E-state index in [0.29, 0.717) is 6.54 Å². The van der Waals surface area contributed by atoms with E-state index in [-0.39, 0.29) is 6.10 Å². The Kier molecular flexibility index (Phi) is 5.64. The SMILES string of the molecule is CONCc1ccc(OC)c(OC2CCN(C)CC2)c1. The van der Waals surface area contributed by atoms with Crippen LogP contribution in [0.5, 0.6) is 11.5 Å². The molecule has 0 bridgehead atoms. The Balaban J connectivity index is 2.03. The van der Waals surface area contributed by atoms with Crippen molar-refractivity contribution in [1.29, 1.82) is 0 Å². The van der Waals surface area contributed by atoms with Crippen LogP contribution in [0.25, 0.3) is 0 Å². The molecule has 5 nitrogen and oxygen atoms in total. The largest absolute Gasteiger partial charge is 0.493 e. The summed E-state index contributed by atoms with van der Waals surface area (Å²) in [6.07, 6.45) is 2.38. The first kappa shape index (κ1) is 15.1. The number of methoxy groups -OCH3 is 1. The van der Waals surface area contributed by atoms with Gasteiger partial charge < -0.3 is 19.2 Å². The molecular formula is C15H24N2O3. The van der Waals surface area contributed by atoms with E-state index in [1.54, 1.807) is 14.2 Å². The van der Waals surface area contributed by atoms with Crippen LogP contribution >= 0.6 is 0 Å². The van der Waals surface area contributed by atoms with Gasteiger partial charge in [0.25, 0.3) is 0 Å². The van der Waals surface area contributed by atoms with Gasteiger partial charge in [-0.3, -0.25) is 0 Å². The molecule has 112 valence electrons. The van der Waals surface area contributed by atoms with E-state index in [4.69, 9.17) is 14.3 Å². The van der Waals surface area contributed by atoms with Gasteiger partial charge in [-0.15, -0.1) is 0 Å². The van der Waals surface area contributed by atoms with Crippen molar-refractivity contribution in [2.45, 2.75) is 25.5 Å². The minimum Gasteiger partial charge on any atom is -0.493 e. The molecule has 0 aliphatic carbocycles. The molecule has 0 atom stereocenters. The number of rotatable bonds is 6. The van der Waals surface area contributed by atoms with Gasteiger partial charge in [0.05, 0.1) is 14.2 Å². The molecule has 1 aromatic rings. The summed E-state index contributed by atoms with van der Waals surface area (Å²) in [5, 5.41) is 0. The highest BCUT2D eigenvalue weighted by Crippen LogP contribution is 2.30. The summed E-state index contributed by atoms with van der Waals surface area (Å²) < 4.78 is 11.5. The zero-order chi connectivity index (χ0) is 14.4. The van der Waals surface area contributed by atoms with Gasteiger partial charge >= 0.3 is 0 Å². The first-order valence-electron chi connectivity index (χ1n) is 7.01. The number of nitrogens with zero attached hydrogens (tertiary/aromatic N) is 1. The third-order valence-corrected chi connectivity index (χ3v) is 3.61. The van der Waals surface area contributed by atoms with Crippen LogP contribution in [0.1, 0.15) is 18.4 Å². The lowest BCUT2D eigenvalue weighted by Gasteiger charge is -2.29. The van der Waals surface area contributed by atoms with Crippen molar-refractivity contribution in [2.24, 2.45) is 0 Å². The van der Waals surface area contributed by atoms with E-state index in [2.05, 4.69) is 17.4 Å². The molecule has 5 heteroatoms. The van der Waals surface area contributed by atoms with Gasteiger partial charge in [0.15, 0.2) is 11.5 Å². The first-order chi connectivity index (χ1) is 9.72. The molecule has 0 saturated carbocycles. The molecule has 20 heavy (non-hydrogen) atoms. The maximum atomic E-state index is 6.13. The van der Waals surface area contributed by atoms with Gasteiger partial charge in [-0.05, 0) is 37.6 Å². The van der Waals surface area contributed by atoms with Crippen LogP contribution in [0.4, 0.5) is 0 Å². The fourth-order valence-corrected chi connectivity index (χ4v) is 2.36. The molecule has 0 radical (unpaired) electrons. The summed E-state index contributed by atoms with van der Waals surface area (Å²) in [4.78, 5) is 7.21. The number of nitrogens with one attached hydrogen (secondary N) is 1. The van der Waals surface area contributed by atoms with Crippen LogP contribution in [0.15, 0.2) is 18.2 Å². The monoisotopic (exact) mass is 280 g/mol. The van der Waals surface area contributed by atoms with Crippen molar-refractivity contribution in [3.8, 4) is 11.5 Å². The third kappa shape index (κ3) is 4.10. The number of hydrogen-bond acceptors (Lipinski definition) is 5. The molecule has 1 aliphatic heterocycles. The Morgan fingerprint density at radius 3 is 2.60 bits per heavy atom. The quantitative estimate of drug-likeness (QED) is 0.805. The summed E-state index contributed by atoms with van der Waals surface area (Å²) in [5.74, 6) is 1.60. The van der Waals surface area contributed by atoms with Crippen LogP contribution in [-0.4, -0.2) is 45.4 Å². The molecule has 1 aliphatic rings. The second-order valence-electron chi connectivity index (χ2n) is 5.13. The average molecular weight is 280 g/mol. The van der Waals surface area contributed by atoms with Gasteiger partial charge in [-0.2, -0.15) is 5.48 Å². The maximum Gasteiger partial charge on any atom is 0.161 e. The van der Waals surface area contributed by atoms with Crippen LogP contribution in [0.3, 0.4) is 0 Å². The van der Waals surface area contributed by atoms with E-state index in [1.807, 2.05) is 18.2 Å². The standard InChI is InChI=1S/C15H24N2O3/c1-17-8-6-13(7-9-17)20-15-10-12(11-16-19-3)4-5-14(15)18-2/h4-5,10,13,16H,6-9,11H2,1-3H3. The van der Waals surface area contributed by atoms with E-state index >= 15 is 0 Å². The molecular weight excluding hydrogens is 256 g/mol.